The largest absolute Gasteiger partial charge is 0.233 e. The van der Waals surface area contributed by atoms with Crippen molar-refractivity contribution < 1.29 is 0 Å². The molecule has 0 aliphatic heterocycles. The predicted molar refractivity (Wildman–Crippen MR) is 66.7 cm³/mol. The van der Waals surface area contributed by atoms with Crippen LogP contribution in [0.1, 0.15) is 17.0 Å². The number of hydrogen-bond donors (Lipinski definition) is 0. The van der Waals surface area contributed by atoms with E-state index in [-0.39, 0.29) is 0 Å². The molecule has 0 unspecified atom stereocenters. The lowest BCUT2D eigenvalue weighted by Gasteiger charge is -2.08. The number of benzene rings is 1. The van der Waals surface area contributed by atoms with Gasteiger partial charge in [-0.25, -0.2) is 9.97 Å². The van der Waals surface area contributed by atoms with Gasteiger partial charge in [-0.2, -0.15) is 0 Å². The smallest absolute Gasteiger partial charge is 0.136 e. The van der Waals surface area contributed by atoms with Crippen molar-refractivity contribution >= 4 is 11.6 Å². The van der Waals surface area contributed by atoms with Gasteiger partial charge in [0.25, 0.3) is 0 Å². The first kappa shape index (κ1) is 11.1. The summed E-state index contributed by atoms with van der Waals surface area (Å²) in [6, 6.07) is 8.23. The van der Waals surface area contributed by atoms with E-state index in [0.717, 1.165) is 16.8 Å². The summed E-state index contributed by atoms with van der Waals surface area (Å²) < 4.78 is 0. The van der Waals surface area contributed by atoms with Crippen LogP contribution in [-0.2, 0) is 0 Å². The summed E-state index contributed by atoms with van der Waals surface area (Å²) in [6.07, 6.45) is 0. The van der Waals surface area contributed by atoms with Gasteiger partial charge in [0.15, 0.2) is 0 Å². The Morgan fingerprint density at radius 1 is 1.06 bits per heavy atom. The molecular formula is C13H13ClN2. The van der Waals surface area contributed by atoms with Crippen molar-refractivity contribution in [3.63, 3.8) is 0 Å². The lowest BCUT2D eigenvalue weighted by Crippen LogP contribution is -1.96. The van der Waals surface area contributed by atoms with Crippen molar-refractivity contribution in [1.82, 2.24) is 9.97 Å². The molecule has 0 bridgehead atoms. The van der Waals surface area contributed by atoms with E-state index in [1.54, 1.807) is 0 Å². The fraction of sp³-hybridized carbons (Fsp3) is 0.231. The number of halogens is 1. The van der Waals surface area contributed by atoms with Crippen molar-refractivity contribution in [2.75, 3.05) is 0 Å². The molecule has 0 atom stereocenters. The highest BCUT2D eigenvalue weighted by Crippen LogP contribution is 2.25. The molecule has 0 aliphatic rings. The fourth-order valence-corrected chi connectivity index (χ4v) is 1.88. The number of rotatable bonds is 1. The zero-order valence-corrected chi connectivity index (χ0v) is 10.3. The summed E-state index contributed by atoms with van der Waals surface area (Å²) in [5.41, 5.74) is 4.15. The SMILES string of the molecule is Cc1cccc(-c2nc(C)nc(Cl)c2C)c1. The van der Waals surface area contributed by atoms with Crippen LogP contribution in [0.3, 0.4) is 0 Å². The molecule has 2 rings (SSSR count). The molecule has 0 N–H and O–H groups in total. The van der Waals surface area contributed by atoms with Crippen LogP contribution in [0, 0.1) is 20.8 Å². The minimum absolute atomic E-state index is 0.531. The highest BCUT2D eigenvalue weighted by molar-refractivity contribution is 6.30. The number of aromatic nitrogens is 2. The van der Waals surface area contributed by atoms with Crippen LogP contribution in [0.15, 0.2) is 24.3 Å². The maximum atomic E-state index is 6.06. The normalized spacial score (nSPS) is 10.5. The minimum Gasteiger partial charge on any atom is -0.233 e. The van der Waals surface area contributed by atoms with Crippen molar-refractivity contribution in [1.29, 1.82) is 0 Å². The van der Waals surface area contributed by atoms with E-state index in [9.17, 15) is 0 Å². The fourth-order valence-electron chi connectivity index (χ4n) is 1.67. The van der Waals surface area contributed by atoms with Crippen molar-refractivity contribution in [2.45, 2.75) is 20.8 Å². The van der Waals surface area contributed by atoms with Crippen LogP contribution in [0.5, 0.6) is 0 Å². The van der Waals surface area contributed by atoms with Gasteiger partial charge in [0.1, 0.15) is 11.0 Å². The van der Waals surface area contributed by atoms with Gasteiger partial charge < -0.3 is 0 Å². The van der Waals surface area contributed by atoms with Gasteiger partial charge in [-0.3, -0.25) is 0 Å². The van der Waals surface area contributed by atoms with Crippen molar-refractivity contribution in [3.8, 4) is 11.3 Å². The molecule has 3 heteroatoms. The standard InChI is InChI=1S/C13H13ClN2/c1-8-5-4-6-11(7-8)12-9(2)13(14)16-10(3)15-12/h4-7H,1-3H3. The Hall–Kier alpha value is -1.41. The molecule has 0 saturated heterocycles. The van der Waals surface area contributed by atoms with E-state index in [0.29, 0.717) is 11.0 Å². The Balaban J connectivity index is 2.64. The van der Waals surface area contributed by atoms with Crippen molar-refractivity contribution in [3.05, 3.63) is 46.4 Å². The molecule has 2 nitrogen and oxygen atoms in total. The number of hydrogen-bond acceptors (Lipinski definition) is 2. The first-order valence-corrected chi connectivity index (χ1v) is 5.53. The molecule has 0 amide bonds. The third-order valence-corrected chi connectivity index (χ3v) is 2.86. The molecule has 2 aromatic rings. The zero-order valence-electron chi connectivity index (χ0n) is 9.58. The highest BCUT2D eigenvalue weighted by Gasteiger charge is 2.09. The van der Waals surface area contributed by atoms with Gasteiger partial charge in [0.2, 0.25) is 0 Å². The average molecular weight is 233 g/mol. The number of nitrogens with zero attached hydrogens (tertiary/aromatic N) is 2. The second-order valence-electron chi connectivity index (χ2n) is 3.90. The number of aryl methyl sites for hydroxylation is 2. The Morgan fingerprint density at radius 3 is 2.50 bits per heavy atom. The molecular weight excluding hydrogens is 220 g/mol. The molecule has 1 heterocycles. The van der Waals surface area contributed by atoms with Crippen molar-refractivity contribution in [2.24, 2.45) is 0 Å². The highest BCUT2D eigenvalue weighted by atomic mass is 35.5. The summed E-state index contributed by atoms with van der Waals surface area (Å²) in [6.45, 7) is 5.86. The zero-order chi connectivity index (χ0) is 11.7. The summed E-state index contributed by atoms with van der Waals surface area (Å²) in [4.78, 5) is 8.59. The molecule has 1 aromatic heterocycles. The van der Waals surface area contributed by atoms with Crippen LogP contribution in [0.2, 0.25) is 5.15 Å². The third kappa shape index (κ3) is 2.07. The molecule has 0 radical (unpaired) electrons. The maximum absolute atomic E-state index is 6.06. The molecule has 0 aliphatic carbocycles. The molecule has 0 fully saturated rings. The van der Waals surface area contributed by atoms with E-state index in [1.807, 2.05) is 26.0 Å². The van der Waals surface area contributed by atoms with E-state index in [2.05, 4.69) is 29.0 Å². The van der Waals surface area contributed by atoms with E-state index < -0.39 is 0 Å². The van der Waals surface area contributed by atoms with E-state index in [1.165, 1.54) is 5.56 Å². The maximum Gasteiger partial charge on any atom is 0.136 e. The first-order valence-electron chi connectivity index (χ1n) is 5.15. The summed E-state index contributed by atoms with van der Waals surface area (Å²) in [5.74, 6) is 0.701. The monoisotopic (exact) mass is 232 g/mol. The van der Waals surface area contributed by atoms with E-state index in [4.69, 9.17) is 11.6 Å². The van der Waals surface area contributed by atoms with Crippen LogP contribution in [0.25, 0.3) is 11.3 Å². The second kappa shape index (κ2) is 4.22. The first-order chi connectivity index (χ1) is 7.58. The lowest BCUT2D eigenvalue weighted by molar-refractivity contribution is 1.04. The second-order valence-corrected chi connectivity index (χ2v) is 4.26. The molecule has 0 saturated carbocycles. The Morgan fingerprint density at radius 2 is 1.81 bits per heavy atom. The van der Waals surface area contributed by atoms with Gasteiger partial charge in [0, 0.05) is 11.1 Å². The lowest BCUT2D eigenvalue weighted by atomic mass is 10.1. The molecule has 82 valence electrons. The van der Waals surface area contributed by atoms with Gasteiger partial charge >= 0.3 is 0 Å². The van der Waals surface area contributed by atoms with Crippen LogP contribution >= 0.6 is 11.6 Å². The Kier molecular flexibility index (Phi) is 2.92. The molecule has 16 heavy (non-hydrogen) atoms. The molecule has 0 spiro atoms. The van der Waals surface area contributed by atoms with Crippen LogP contribution in [-0.4, -0.2) is 9.97 Å². The van der Waals surface area contributed by atoms with Gasteiger partial charge in [-0.15, -0.1) is 0 Å². The quantitative estimate of drug-likeness (QED) is 0.701. The van der Waals surface area contributed by atoms with Crippen LogP contribution in [0.4, 0.5) is 0 Å². The van der Waals surface area contributed by atoms with E-state index >= 15 is 0 Å². The summed E-state index contributed by atoms with van der Waals surface area (Å²) in [5, 5.41) is 0.531. The van der Waals surface area contributed by atoms with Gasteiger partial charge in [-0.1, -0.05) is 35.4 Å². The topological polar surface area (TPSA) is 25.8 Å². The van der Waals surface area contributed by atoms with Gasteiger partial charge in [0.05, 0.1) is 5.69 Å². The average Bonchev–Trinajstić information content (AvgIpc) is 2.23. The Bertz CT molecular complexity index is 535. The predicted octanol–water partition coefficient (Wildman–Crippen LogP) is 3.72. The summed E-state index contributed by atoms with van der Waals surface area (Å²) >= 11 is 6.06. The Labute approximate surface area is 100 Å². The third-order valence-electron chi connectivity index (χ3n) is 2.49. The summed E-state index contributed by atoms with van der Waals surface area (Å²) in [7, 11) is 0. The molecule has 1 aromatic carbocycles. The minimum atomic E-state index is 0.531. The van der Waals surface area contributed by atoms with Crippen LogP contribution < -0.4 is 0 Å². The van der Waals surface area contributed by atoms with Gasteiger partial charge in [-0.05, 0) is 26.8 Å².